The summed E-state index contributed by atoms with van der Waals surface area (Å²) in [5.41, 5.74) is 1.54. The van der Waals surface area contributed by atoms with E-state index in [9.17, 15) is 9.59 Å². The standard InChI is InChI=1S/C23H29ClN4O3S/c1-14-6-8-27(9-7-14)13-20-15(2)25-23(32-20)26-22(30)16-10-21(29)28(12-16)18-11-17(24)4-5-19(18)31-3/h4-5,11,14,16H,6-10,12-13H2,1-3H3,(H,25,26,30). The minimum atomic E-state index is -0.456. The van der Waals surface area contributed by atoms with E-state index < -0.39 is 5.92 Å². The predicted octanol–water partition coefficient (Wildman–Crippen LogP) is 4.34. The molecule has 32 heavy (non-hydrogen) atoms. The van der Waals surface area contributed by atoms with Gasteiger partial charge in [-0.25, -0.2) is 4.98 Å². The molecular formula is C23H29ClN4O3S. The number of nitrogens with one attached hydrogen (secondary N) is 1. The van der Waals surface area contributed by atoms with Crippen LogP contribution in [0.15, 0.2) is 18.2 Å². The Kier molecular flexibility index (Phi) is 7.02. The number of rotatable bonds is 6. The van der Waals surface area contributed by atoms with Crippen LogP contribution in [0.25, 0.3) is 0 Å². The van der Waals surface area contributed by atoms with Crippen molar-refractivity contribution >= 4 is 45.6 Å². The van der Waals surface area contributed by atoms with Gasteiger partial charge >= 0.3 is 0 Å². The van der Waals surface area contributed by atoms with Crippen molar-refractivity contribution in [2.24, 2.45) is 11.8 Å². The fraction of sp³-hybridized carbons (Fsp3) is 0.522. The number of halogens is 1. The third kappa shape index (κ3) is 5.08. The van der Waals surface area contributed by atoms with Gasteiger partial charge in [-0.1, -0.05) is 18.5 Å². The van der Waals surface area contributed by atoms with Crippen LogP contribution in [-0.2, 0) is 16.1 Å². The van der Waals surface area contributed by atoms with Crippen LogP contribution in [0.4, 0.5) is 10.8 Å². The molecule has 2 amide bonds. The number of hydrogen-bond acceptors (Lipinski definition) is 6. The Labute approximate surface area is 197 Å². The van der Waals surface area contributed by atoms with Gasteiger partial charge in [-0.3, -0.25) is 14.5 Å². The Hall–Kier alpha value is -2.16. The third-order valence-corrected chi connectivity index (χ3v) is 7.59. The number of nitrogens with zero attached hydrogens (tertiary/aromatic N) is 3. The Bertz CT molecular complexity index is 1000. The number of hydrogen-bond donors (Lipinski definition) is 1. The highest BCUT2D eigenvalue weighted by Gasteiger charge is 2.36. The van der Waals surface area contributed by atoms with Crippen molar-refractivity contribution in [2.45, 2.75) is 39.7 Å². The van der Waals surface area contributed by atoms with Crippen LogP contribution in [0, 0.1) is 18.8 Å². The van der Waals surface area contributed by atoms with E-state index in [2.05, 4.69) is 22.1 Å². The third-order valence-electron chi connectivity index (χ3n) is 6.29. The van der Waals surface area contributed by atoms with E-state index >= 15 is 0 Å². The van der Waals surface area contributed by atoms with Gasteiger partial charge in [0.15, 0.2) is 5.13 Å². The number of amides is 2. The summed E-state index contributed by atoms with van der Waals surface area (Å²) in [5, 5.41) is 4.04. The number of carbonyl (C=O) groups is 2. The molecule has 2 aromatic rings. The van der Waals surface area contributed by atoms with E-state index in [0.29, 0.717) is 21.6 Å². The molecule has 0 radical (unpaired) electrons. The largest absolute Gasteiger partial charge is 0.495 e. The van der Waals surface area contributed by atoms with Crippen LogP contribution in [0.5, 0.6) is 5.75 Å². The number of aromatic nitrogens is 1. The molecule has 2 aliphatic rings. The highest BCUT2D eigenvalue weighted by atomic mass is 35.5. The van der Waals surface area contributed by atoms with Crippen molar-refractivity contribution in [1.82, 2.24) is 9.88 Å². The second-order valence-electron chi connectivity index (χ2n) is 8.70. The highest BCUT2D eigenvalue weighted by Crippen LogP contribution is 2.36. The summed E-state index contributed by atoms with van der Waals surface area (Å²) >= 11 is 7.64. The first-order valence-corrected chi connectivity index (χ1v) is 12.2. The molecule has 2 fully saturated rings. The van der Waals surface area contributed by atoms with Gasteiger partial charge in [0.2, 0.25) is 11.8 Å². The Balaban J connectivity index is 1.40. The Morgan fingerprint density at radius 3 is 2.81 bits per heavy atom. The van der Waals surface area contributed by atoms with Crippen LogP contribution in [0.1, 0.15) is 36.8 Å². The topological polar surface area (TPSA) is 74.8 Å². The fourth-order valence-corrected chi connectivity index (χ4v) is 5.42. The molecule has 3 heterocycles. The summed E-state index contributed by atoms with van der Waals surface area (Å²) in [5.74, 6) is 0.581. The lowest BCUT2D eigenvalue weighted by Gasteiger charge is -2.29. The van der Waals surface area contributed by atoms with Gasteiger partial charge < -0.3 is 15.0 Å². The van der Waals surface area contributed by atoms with Crippen LogP contribution in [0.3, 0.4) is 0 Å². The molecule has 1 atom stereocenters. The zero-order valence-corrected chi connectivity index (χ0v) is 20.3. The normalized spacial score (nSPS) is 20.1. The van der Waals surface area contributed by atoms with Crippen LogP contribution < -0.4 is 15.0 Å². The second-order valence-corrected chi connectivity index (χ2v) is 10.2. The first-order valence-electron chi connectivity index (χ1n) is 11.0. The number of anilines is 2. The van der Waals surface area contributed by atoms with Gasteiger partial charge in [-0.15, -0.1) is 11.3 Å². The number of likely N-dealkylation sites (tertiary alicyclic amines) is 1. The van der Waals surface area contributed by atoms with Gasteiger partial charge in [0.25, 0.3) is 0 Å². The maximum atomic E-state index is 12.9. The molecule has 172 valence electrons. The zero-order valence-electron chi connectivity index (χ0n) is 18.7. The Morgan fingerprint density at radius 2 is 2.09 bits per heavy atom. The number of ether oxygens (including phenoxy) is 1. The minimum Gasteiger partial charge on any atom is -0.495 e. The molecule has 1 aromatic carbocycles. The lowest BCUT2D eigenvalue weighted by atomic mass is 9.99. The number of aryl methyl sites for hydroxylation is 1. The van der Waals surface area contributed by atoms with E-state index in [4.69, 9.17) is 16.3 Å². The summed E-state index contributed by atoms with van der Waals surface area (Å²) in [6, 6.07) is 5.12. The summed E-state index contributed by atoms with van der Waals surface area (Å²) in [4.78, 5) is 35.3. The van der Waals surface area contributed by atoms with Gasteiger partial charge in [-0.05, 0) is 57.0 Å². The molecule has 0 saturated carbocycles. The van der Waals surface area contributed by atoms with Gasteiger partial charge in [0, 0.05) is 29.4 Å². The smallest absolute Gasteiger partial charge is 0.231 e. The van der Waals surface area contributed by atoms with Gasteiger partial charge in [0.1, 0.15) is 5.75 Å². The van der Waals surface area contributed by atoms with Gasteiger partial charge in [0.05, 0.1) is 24.4 Å². The first-order chi connectivity index (χ1) is 15.3. The quantitative estimate of drug-likeness (QED) is 0.671. The molecule has 0 bridgehead atoms. The average molecular weight is 477 g/mol. The lowest BCUT2D eigenvalue weighted by Crippen LogP contribution is -2.32. The number of thiazole rings is 1. The maximum Gasteiger partial charge on any atom is 0.231 e. The summed E-state index contributed by atoms with van der Waals surface area (Å²) < 4.78 is 5.37. The van der Waals surface area contributed by atoms with Crippen molar-refractivity contribution in [3.63, 3.8) is 0 Å². The molecule has 2 aliphatic heterocycles. The number of piperidine rings is 1. The van der Waals surface area contributed by atoms with Crippen molar-refractivity contribution in [1.29, 1.82) is 0 Å². The zero-order chi connectivity index (χ0) is 22.8. The fourth-order valence-electron chi connectivity index (χ4n) is 4.25. The number of benzene rings is 1. The second kappa shape index (κ2) is 9.77. The van der Waals surface area contributed by atoms with Crippen LogP contribution in [0.2, 0.25) is 5.02 Å². The summed E-state index contributed by atoms with van der Waals surface area (Å²) in [6.45, 7) is 7.65. The maximum absolute atomic E-state index is 12.9. The Morgan fingerprint density at radius 1 is 1.34 bits per heavy atom. The monoisotopic (exact) mass is 476 g/mol. The predicted molar refractivity (Wildman–Crippen MR) is 128 cm³/mol. The molecule has 9 heteroatoms. The van der Waals surface area contributed by atoms with Crippen molar-refractivity contribution < 1.29 is 14.3 Å². The minimum absolute atomic E-state index is 0.124. The molecule has 1 aromatic heterocycles. The first kappa shape index (κ1) is 23.0. The number of carbonyl (C=O) groups excluding carboxylic acids is 2. The molecular weight excluding hydrogens is 448 g/mol. The average Bonchev–Trinajstić information content (AvgIpc) is 3.31. The SMILES string of the molecule is COc1ccc(Cl)cc1N1CC(C(=O)Nc2nc(C)c(CN3CCC(C)CC3)s2)CC1=O. The molecule has 1 N–H and O–H groups in total. The molecule has 0 spiro atoms. The highest BCUT2D eigenvalue weighted by molar-refractivity contribution is 7.15. The summed E-state index contributed by atoms with van der Waals surface area (Å²) in [7, 11) is 1.55. The van der Waals surface area contributed by atoms with Crippen LogP contribution >= 0.6 is 22.9 Å². The number of methoxy groups -OCH3 is 1. The van der Waals surface area contributed by atoms with E-state index in [1.165, 1.54) is 29.1 Å². The van der Waals surface area contributed by atoms with Crippen LogP contribution in [-0.4, -0.2) is 48.4 Å². The molecule has 7 nitrogen and oxygen atoms in total. The van der Waals surface area contributed by atoms with E-state index in [0.717, 1.165) is 31.2 Å². The van der Waals surface area contributed by atoms with Crippen molar-refractivity contribution in [3.05, 3.63) is 33.8 Å². The lowest BCUT2D eigenvalue weighted by molar-refractivity contribution is -0.122. The van der Waals surface area contributed by atoms with Crippen molar-refractivity contribution in [3.8, 4) is 5.75 Å². The van der Waals surface area contributed by atoms with Crippen molar-refractivity contribution in [2.75, 3.05) is 37.0 Å². The van der Waals surface area contributed by atoms with E-state index in [-0.39, 0.29) is 24.8 Å². The van der Waals surface area contributed by atoms with E-state index in [1.54, 1.807) is 30.2 Å². The summed E-state index contributed by atoms with van der Waals surface area (Å²) in [6.07, 6.45) is 2.60. The molecule has 1 unspecified atom stereocenters. The molecule has 0 aliphatic carbocycles. The molecule has 2 saturated heterocycles. The molecule has 4 rings (SSSR count). The van der Waals surface area contributed by atoms with E-state index in [1.807, 2.05) is 6.92 Å². The van der Waals surface area contributed by atoms with Gasteiger partial charge in [-0.2, -0.15) is 0 Å².